The molecular formula is C18H22O6. The second kappa shape index (κ2) is 6.29. The van der Waals surface area contributed by atoms with Gasteiger partial charge in [-0.05, 0) is 26.0 Å². The average molecular weight is 334 g/mol. The molecule has 24 heavy (non-hydrogen) atoms. The summed E-state index contributed by atoms with van der Waals surface area (Å²) in [4.78, 5) is 12.2. The van der Waals surface area contributed by atoms with Crippen molar-refractivity contribution in [3.05, 3.63) is 48.6 Å². The van der Waals surface area contributed by atoms with Crippen LogP contribution in [0.3, 0.4) is 0 Å². The minimum absolute atomic E-state index is 0.0370. The SMILES string of the molecule is C=C[C@]1(COC(=O)c2ccccc2)O[C@@H](OC)[C@@H]2OC(C)(C)O[C@@H]21. The molecule has 2 heterocycles. The molecule has 4 atom stereocenters. The van der Waals surface area contributed by atoms with Crippen molar-refractivity contribution in [1.82, 2.24) is 0 Å². The summed E-state index contributed by atoms with van der Waals surface area (Å²) in [5.74, 6) is -1.20. The van der Waals surface area contributed by atoms with Crippen LogP contribution in [-0.4, -0.2) is 49.6 Å². The number of methoxy groups -OCH3 is 1. The Kier molecular flexibility index (Phi) is 4.48. The summed E-state index contributed by atoms with van der Waals surface area (Å²) in [5, 5.41) is 0. The molecule has 6 nitrogen and oxygen atoms in total. The van der Waals surface area contributed by atoms with Gasteiger partial charge in [-0.25, -0.2) is 4.79 Å². The fourth-order valence-electron chi connectivity index (χ4n) is 3.07. The van der Waals surface area contributed by atoms with Gasteiger partial charge in [-0.2, -0.15) is 0 Å². The number of ether oxygens (including phenoxy) is 5. The first-order valence-corrected chi connectivity index (χ1v) is 7.83. The van der Waals surface area contributed by atoms with Gasteiger partial charge >= 0.3 is 5.97 Å². The van der Waals surface area contributed by atoms with Crippen LogP contribution in [0.15, 0.2) is 43.0 Å². The zero-order valence-electron chi connectivity index (χ0n) is 14.1. The minimum atomic E-state index is -1.02. The van der Waals surface area contributed by atoms with Gasteiger partial charge in [0.15, 0.2) is 17.7 Å². The summed E-state index contributed by atoms with van der Waals surface area (Å²) >= 11 is 0. The molecule has 130 valence electrons. The summed E-state index contributed by atoms with van der Waals surface area (Å²) in [7, 11) is 1.53. The molecule has 0 unspecified atom stereocenters. The lowest BCUT2D eigenvalue weighted by Gasteiger charge is -2.31. The van der Waals surface area contributed by atoms with E-state index in [1.54, 1.807) is 30.3 Å². The van der Waals surface area contributed by atoms with E-state index in [-0.39, 0.29) is 6.61 Å². The van der Waals surface area contributed by atoms with Gasteiger partial charge in [0.2, 0.25) is 0 Å². The predicted molar refractivity (Wildman–Crippen MR) is 85.4 cm³/mol. The molecule has 1 aromatic carbocycles. The predicted octanol–water partition coefficient (Wildman–Crippen LogP) is 2.29. The zero-order chi connectivity index (χ0) is 17.4. The molecule has 2 fully saturated rings. The normalized spacial score (nSPS) is 33.9. The number of benzene rings is 1. The zero-order valence-corrected chi connectivity index (χ0v) is 14.1. The van der Waals surface area contributed by atoms with E-state index in [2.05, 4.69) is 6.58 Å². The molecule has 2 aliphatic heterocycles. The number of fused-ring (bicyclic) bond motifs is 1. The lowest BCUT2D eigenvalue weighted by molar-refractivity contribution is -0.245. The third kappa shape index (κ3) is 2.98. The maximum atomic E-state index is 12.2. The molecule has 0 amide bonds. The van der Waals surface area contributed by atoms with E-state index in [1.807, 2.05) is 19.9 Å². The molecule has 0 aliphatic carbocycles. The number of rotatable bonds is 5. The van der Waals surface area contributed by atoms with Gasteiger partial charge in [0, 0.05) is 7.11 Å². The van der Waals surface area contributed by atoms with Gasteiger partial charge < -0.3 is 23.7 Å². The van der Waals surface area contributed by atoms with Crippen molar-refractivity contribution < 1.29 is 28.5 Å². The van der Waals surface area contributed by atoms with Crippen molar-refractivity contribution in [2.24, 2.45) is 0 Å². The van der Waals surface area contributed by atoms with E-state index in [0.717, 1.165) is 0 Å². The molecule has 0 spiro atoms. The Morgan fingerprint density at radius 2 is 1.96 bits per heavy atom. The third-order valence-corrected chi connectivity index (χ3v) is 4.23. The van der Waals surface area contributed by atoms with Gasteiger partial charge in [0.05, 0.1) is 5.56 Å². The summed E-state index contributed by atoms with van der Waals surface area (Å²) in [6.07, 6.45) is 0.0781. The highest BCUT2D eigenvalue weighted by Crippen LogP contribution is 2.45. The van der Waals surface area contributed by atoms with Crippen LogP contribution in [0.1, 0.15) is 24.2 Å². The molecule has 6 heteroatoms. The topological polar surface area (TPSA) is 63.2 Å². The maximum absolute atomic E-state index is 12.2. The van der Waals surface area contributed by atoms with Crippen LogP contribution in [0, 0.1) is 0 Å². The second-order valence-corrected chi connectivity index (χ2v) is 6.34. The molecule has 0 aromatic heterocycles. The van der Waals surface area contributed by atoms with Gasteiger partial charge in [-0.3, -0.25) is 0 Å². The molecule has 2 aliphatic rings. The lowest BCUT2D eigenvalue weighted by atomic mass is 9.96. The fraction of sp³-hybridized carbons (Fsp3) is 0.500. The van der Waals surface area contributed by atoms with Crippen molar-refractivity contribution in [3.8, 4) is 0 Å². The van der Waals surface area contributed by atoms with E-state index in [4.69, 9.17) is 23.7 Å². The first kappa shape index (κ1) is 17.1. The van der Waals surface area contributed by atoms with E-state index in [0.29, 0.717) is 5.56 Å². The van der Waals surface area contributed by atoms with Crippen molar-refractivity contribution >= 4 is 5.97 Å². The number of esters is 1. The van der Waals surface area contributed by atoms with Crippen LogP contribution in [0.5, 0.6) is 0 Å². The largest absolute Gasteiger partial charge is 0.459 e. The fourth-order valence-corrected chi connectivity index (χ4v) is 3.07. The monoisotopic (exact) mass is 334 g/mol. The van der Waals surface area contributed by atoms with E-state index >= 15 is 0 Å². The molecule has 1 aromatic rings. The number of carbonyl (C=O) groups excluding carboxylic acids is 1. The van der Waals surface area contributed by atoms with Crippen LogP contribution < -0.4 is 0 Å². The van der Waals surface area contributed by atoms with Crippen molar-refractivity contribution in [2.45, 2.75) is 43.7 Å². The third-order valence-electron chi connectivity index (χ3n) is 4.23. The molecule has 0 bridgehead atoms. The summed E-state index contributed by atoms with van der Waals surface area (Å²) < 4.78 is 28.6. The van der Waals surface area contributed by atoms with E-state index in [1.165, 1.54) is 7.11 Å². The van der Waals surface area contributed by atoms with Crippen molar-refractivity contribution in [2.75, 3.05) is 13.7 Å². The molecule has 0 N–H and O–H groups in total. The molecular weight excluding hydrogens is 312 g/mol. The van der Waals surface area contributed by atoms with E-state index in [9.17, 15) is 4.79 Å². The highest BCUT2D eigenvalue weighted by molar-refractivity contribution is 5.89. The molecule has 3 rings (SSSR count). The summed E-state index contributed by atoms with van der Waals surface area (Å²) in [6.45, 7) is 7.44. The van der Waals surface area contributed by atoms with Gasteiger partial charge in [-0.15, -0.1) is 0 Å². The number of hydrogen-bond acceptors (Lipinski definition) is 6. The molecule has 2 saturated heterocycles. The highest BCUT2D eigenvalue weighted by atomic mass is 16.8. The Bertz CT molecular complexity index is 613. The number of carbonyl (C=O) groups is 1. The quantitative estimate of drug-likeness (QED) is 0.608. The Morgan fingerprint density at radius 1 is 1.25 bits per heavy atom. The van der Waals surface area contributed by atoms with Crippen molar-refractivity contribution in [1.29, 1.82) is 0 Å². The summed E-state index contributed by atoms with van der Waals surface area (Å²) in [6, 6.07) is 8.77. The maximum Gasteiger partial charge on any atom is 0.338 e. The second-order valence-electron chi connectivity index (χ2n) is 6.34. The van der Waals surface area contributed by atoms with Crippen LogP contribution in [0.2, 0.25) is 0 Å². The minimum Gasteiger partial charge on any atom is -0.459 e. The van der Waals surface area contributed by atoms with Gasteiger partial charge in [-0.1, -0.05) is 30.9 Å². The Morgan fingerprint density at radius 3 is 2.58 bits per heavy atom. The van der Waals surface area contributed by atoms with Crippen LogP contribution in [-0.2, 0) is 23.7 Å². The number of hydrogen-bond donors (Lipinski definition) is 0. The summed E-state index contributed by atoms with van der Waals surface area (Å²) in [5.41, 5.74) is -0.553. The Labute approximate surface area is 141 Å². The Hall–Kier alpha value is -1.73. The smallest absolute Gasteiger partial charge is 0.338 e. The van der Waals surface area contributed by atoms with Crippen molar-refractivity contribution in [3.63, 3.8) is 0 Å². The van der Waals surface area contributed by atoms with Crippen LogP contribution in [0.25, 0.3) is 0 Å². The molecule has 0 saturated carbocycles. The average Bonchev–Trinajstić information content (AvgIpc) is 3.05. The first-order valence-electron chi connectivity index (χ1n) is 7.83. The van der Waals surface area contributed by atoms with E-state index < -0.39 is 35.9 Å². The first-order chi connectivity index (χ1) is 11.4. The van der Waals surface area contributed by atoms with Crippen LogP contribution >= 0.6 is 0 Å². The van der Waals surface area contributed by atoms with Gasteiger partial charge in [0.1, 0.15) is 18.8 Å². The standard InChI is InChI=1S/C18H22O6/c1-5-18(11-21-15(19)12-9-7-6-8-10-12)14-13(16(20-4)24-18)22-17(2,3)23-14/h5-10,13-14,16H,1,11H2,2-4H3/t13-,14+,16-,18-/m1/s1. The lowest BCUT2D eigenvalue weighted by Crippen LogP contribution is -2.46. The van der Waals surface area contributed by atoms with Crippen LogP contribution in [0.4, 0.5) is 0 Å². The molecule has 0 radical (unpaired) electrons. The Balaban J connectivity index is 1.76. The van der Waals surface area contributed by atoms with Gasteiger partial charge in [0.25, 0.3) is 0 Å². The highest BCUT2D eigenvalue weighted by Gasteiger charge is 2.62.